The maximum atomic E-state index is 12.5. The van der Waals surface area contributed by atoms with Crippen molar-refractivity contribution in [3.8, 4) is 0 Å². The van der Waals surface area contributed by atoms with Gasteiger partial charge in [0, 0.05) is 45.1 Å². The first-order chi connectivity index (χ1) is 12.2. The van der Waals surface area contributed by atoms with Crippen LogP contribution in [0.25, 0.3) is 0 Å². The van der Waals surface area contributed by atoms with E-state index in [1.807, 2.05) is 25.7 Å². The molecule has 3 aliphatic heterocycles. The largest absolute Gasteiger partial charge is 0.444 e. The number of amides is 2. The van der Waals surface area contributed by atoms with Crippen molar-refractivity contribution in [3.63, 3.8) is 0 Å². The molecule has 4 aliphatic rings. The number of carbonyl (C=O) groups excluding carboxylic acids is 2. The van der Waals surface area contributed by atoms with Gasteiger partial charge in [0.2, 0.25) is 0 Å². The Hall–Kier alpha value is -1.50. The fourth-order valence-corrected chi connectivity index (χ4v) is 5.20. The number of fused-ring (bicyclic) bond motifs is 2. The average Bonchev–Trinajstić information content (AvgIpc) is 3.06. The molecule has 1 spiro atoms. The van der Waals surface area contributed by atoms with E-state index in [4.69, 9.17) is 9.47 Å². The van der Waals surface area contributed by atoms with Crippen LogP contribution >= 0.6 is 0 Å². The van der Waals surface area contributed by atoms with Crippen molar-refractivity contribution in [2.45, 2.75) is 63.7 Å². The Bertz CT molecular complexity index is 580. The summed E-state index contributed by atoms with van der Waals surface area (Å²) in [6, 6.07) is 0.537. The second kappa shape index (κ2) is 6.29. The van der Waals surface area contributed by atoms with E-state index >= 15 is 0 Å². The summed E-state index contributed by atoms with van der Waals surface area (Å²) in [5.74, 6) is 1.10. The second-order valence-electron chi connectivity index (χ2n) is 9.51. The van der Waals surface area contributed by atoms with Crippen LogP contribution in [0.4, 0.5) is 9.59 Å². The minimum atomic E-state index is -0.444. The quantitative estimate of drug-likeness (QED) is 0.771. The summed E-state index contributed by atoms with van der Waals surface area (Å²) in [5, 5.41) is 2.80. The predicted octanol–water partition coefficient (Wildman–Crippen LogP) is 2.21. The summed E-state index contributed by atoms with van der Waals surface area (Å²) in [7, 11) is 0. The number of ether oxygens (including phenoxy) is 2. The molecule has 3 heterocycles. The van der Waals surface area contributed by atoms with Gasteiger partial charge in [-0.3, -0.25) is 4.90 Å². The summed E-state index contributed by atoms with van der Waals surface area (Å²) >= 11 is 0. The zero-order chi connectivity index (χ0) is 18.5. The molecule has 0 aromatic rings. The monoisotopic (exact) mass is 365 g/mol. The van der Waals surface area contributed by atoms with Crippen molar-refractivity contribution in [3.05, 3.63) is 0 Å². The molecule has 3 atom stereocenters. The number of hydrogen-bond acceptors (Lipinski definition) is 5. The fourth-order valence-electron chi connectivity index (χ4n) is 5.20. The third-order valence-corrected chi connectivity index (χ3v) is 6.38. The first-order valence-corrected chi connectivity index (χ1v) is 9.92. The SMILES string of the molecule is CC(C)(C)OC(=O)N1CC2CC(C1)C(N1CCC3(CC1)CNC(=O)O3)C2. The highest BCUT2D eigenvalue weighted by Crippen LogP contribution is 2.42. The molecule has 0 radical (unpaired) electrons. The standard InChI is InChI=1S/C19H31N3O4/c1-18(2,3)26-17(24)22-10-13-8-14(11-22)15(9-13)21-6-4-19(5-7-21)12-20-16(23)25-19/h13-15H,4-12H2,1-3H3,(H,20,23). The molecule has 1 N–H and O–H groups in total. The number of hydrogen-bond donors (Lipinski definition) is 1. The van der Waals surface area contributed by atoms with Gasteiger partial charge in [-0.25, -0.2) is 9.59 Å². The molecule has 1 aliphatic carbocycles. The molecule has 2 bridgehead atoms. The maximum absolute atomic E-state index is 12.5. The summed E-state index contributed by atoms with van der Waals surface area (Å²) < 4.78 is 11.1. The molecule has 146 valence electrons. The number of rotatable bonds is 1. The van der Waals surface area contributed by atoms with Gasteiger partial charge in [-0.15, -0.1) is 0 Å². The Labute approximate surface area is 155 Å². The van der Waals surface area contributed by atoms with E-state index in [9.17, 15) is 9.59 Å². The molecule has 0 aromatic carbocycles. The summed E-state index contributed by atoms with van der Waals surface area (Å²) in [6.07, 6.45) is 3.72. The molecule has 7 nitrogen and oxygen atoms in total. The van der Waals surface area contributed by atoms with E-state index in [1.165, 1.54) is 6.42 Å². The molecule has 3 saturated heterocycles. The van der Waals surface area contributed by atoms with Crippen LogP contribution in [0.15, 0.2) is 0 Å². The topological polar surface area (TPSA) is 71.1 Å². The summed E-state index contributed by atoms with van der Waals surface area (Å²) in [5.41, 5.74) is -0.731. The maximum Gasteiger partial charge on any atom is 0.410 e. The highest BCUT2D eigenvalue weighted by atomic mass is 16.6. The van der Waals surface area contributed by atoms with Crippen molar-refractivity contribution < 1.29 is 19.1 Å². The van der Waals surface area contributed by atoms with Crippen LogP contribution in [-0.2, 0) is 9.47 Å². The highest BCUT2D eigenvalue weighted by molar-refractivity contribution is 5.70. The van der Waals surface area contributed by atoms with Gasteiger partial charge >= 0.3 is 12.2 Å². The van der Waals surface area contributed by atoms with Crippen molar-refractivity contribution in [1.82, 2.24) is 15.1 Å². The molecule has 2 amide bonds. The van der Waals surface area contributed by atoms with Crippen molar-refractivity contribution >= 4 is 12.2 Å². The molecular formula is C19H31N3O4. The zero-order valence-corrected chi connectivity index (χ0v) is 16.1. The van der Waals surface area contributed by atoms with E-state index in [1.54, 1.807) is 0 Å². The normalized spacial score (nSPS) is 33.9. The van der Waals surface area contributed by atoms with Gasteiger partial charge in [0.15, 0.2) is 0 Å². The van der Waals surface area contributed by atoms with Crippen LogP contribution < -0.4 is 5.32 Å². The Morgan fingerprint density at radius 1 is 1.23 bits per heavy atom. The van der Waals surface area contributed by atoms with Gasteiger partial charge in [0.05, 0.1) is 6.54 Å². The summed E-state index contributed by atoms with van der Waals surface area (Å²) in [6.45, 7) is 9.95. The average molecular weight is 365 g/mol. The second-order valence-corrected chi connectivity index (χ2v) is 9.51. The Kier molecular flexibility index (Phi) is 4.33. The smallest absolute Gasteiger partial charge is 0.410 e. The number of carbonyl (C=O) groups is 2. The molecule has 26 heavy (non-hydrogen) atoms. The number of alkyl carbamates (subject to hydrolysis) is 1. The summed E-state index contributed by atoms with van der Waals surface area (Å²) in [4.78, 5) is 28.3. The lowest BCUT2D eigenvalue weighted by molar-refractivity contribution is -0.0165. The molecule has 4 rings (SSSR count). The number of likely N-dealkylation sites (tertiary alicyclic amines) is 2. The number of nitrogens with one attached hydrogen (secondary N) is 1. The number of nitrogens with zero attached hydrogens (tertiary/aromatic N) is 2. The van der Waals surface area contributed by atoms with Crippen LogP contribution in [0.1, 0.15) is 46.5 Å². The van der Waals surface area contributed by atoms with E-state index in [-0.39, 0.29) is 17.8 Å². The minimum Gasteiger partial charge on any atom is -0.444 e. The first-order valence-electron chi connectivity index (χ1n) is 9.92. The van der Waals surface area contributed by atoms with Crippen molar-refractivity contribution in [2.75, 3.05) is 32.7 Å². The Morgan fingerprint density at radius 3 is 2.58 bits per heavy atom. The van der Waals surface area contributed by atoms with Crippen LogP contribution in [0.2, 0.25) is 0 Å². The Balaban J connectivity index is 1.34. The van der Waals surface area contributed by atoms with Crippen LogP contribution in [0.3, 0.4) is 0 Å². The van der Waals surface area contributed by atoms with E-state index in [2.05, 4.69) is 10.2 Å². The van der Waals surface area contributed by atoms with Gasteiger partial charge in [0.1, 0.15) is 11.2 Å². The van der Waals surface area contributed by atoms with Gasteiger partial charge in [0.25, 0.3) is 0 Å². The highest BCUT2D eigenvalue weighted by Gasteiger charge is 2.48. The van der Waals surface area contributed by atoms with Crippen LogP contribution in [0.5, 0.6) is 0 Å². The van der Waals surface area contributed by atoms with E-state index in [0.29, 0.717) is 24.4 Å². The zero-order valence-electron chi connectivity index (χ0n) is 16.1. The fraction of sp³-hybridized carbons (Fsp3) is 0.895. The van der Waals surface area contributed by atoms with E-state index in [0.717, 1.165) is 45.4 Å². The molecule has 0 aromatic heterocycles. The third kappa shape index (κ3) is 3.50. The molecule has 1 saturated carbocycles. The molecule has 4 fully saturated rings. The Morgan fingerprint density at radius 2 is 1.96 bits per heavy atom. The number of piperidine rings is 2. The van der Waals surface area contributed by atoms with Crippen LogP contribution in [0, 0.1) is 11.8 Å². The van der Waals surface area contributed by atoms with Crippen molar-refractivity contribution in [1.29, 1.82) is 0 Å². The predicted molar refractivity (Wildman–Crippen MR) is 95.8 cm³/mol. The van der Waals surface area contributed by atoms with Gasteiger partial charge in [-0.1, -0.05) is 0 Å². The van der Waals surface area contributed by atoms with Crippen LogP contribution in [-0.4, -0.2) is 72.0 Å². The lowest BCUT2D eigenvalue weighted by atomic mass is 9.89. The lowest BCUT2D eigenvalue weighted by Crippen LogP contribution is -2.52. The molecule has 7 heteroatoms. The van der Waals surface area contributed by atoms with Gasteiger partial charge < -0.3 is 19.7 Å². The third-order valence-electron chi connectivity index (χ3n) is 6.38. The van der Waals surface area contributed by atoms with E-state index < -0.39 is 5.60 Å². The van der Waals surface area contributed by atoms with Gasteiger partial charge in [-0.2, -0.15) is 0 Å². The first kappa shape index (κ1) is 17.9. The lowest BCUT2D eigenvalue weighted by Gasteiger charge is -2.42. The van der Waals surface area contributed by atoms with Gasteiger partial charge in [-0.05, 0) is 45.4 Å². The molecular weight excluding hydrogens is 334 g/mol. The molecule has 3 unspecified atom stereocenters. The minimum absolute atomic E-state index is 0.172. The van der Waals surface area contributed by atoms with Crippen molar-refractivity contribution in [2.24, 2.45) is 11.8 Å².